The van der Waals surface area contributed by atoms with E-state index >= 15 is 0 Å². The normalized spacial score (nSPS) is 18.0. The molecule has 2 rings (SSSR count). The van der Waals surface area contributed by atoms with E-state index in [0.717, 1.165) is 0 Å². The topological polar surface area (TPSA) is 102 Å². The number of nitrogens with one attached hydrogen (secondary N) is 1. The summed E-state index contributed by atoms with van der Waals surface area (Å²) >= 11 is 0. The van der Waals surface area contributed by atoms with Gasteiger partial charge in [-0.25, -0.2) is 8.42 Å². The van der Waals surface area contributed by atoms with E-state index in [4.69, 9.17) is 10.5 Å². The third-order valence-electron chi connectivity index (χ3n) is 3.84. The second kappa shape index (κ2) is 6.76. The van der Waals surface area contributed by atoms with E-state index in [9.17, 15) is 13.2 Å². The number of carbonyl (C=O) groups excluding carboxylic acids is 1. The molecule has 0 aliphatic carbocycles. The van der Waals surface area contributed by atoms with Crippen LogP contribution >= 0.6 is 0 Å². The molecule has 8 heteroatoms. The number of carbonyl (C=O) groups is 1. The highest BCUT2D eigenvalue weighted by Gasteiger charge is 2.31. The first kappa shape index (κ1) is 17.6. The van der Waals surface area contributed by atoms with Crippen molar-refractivity contribution in [2.24, 2.45) is 11.7 Å². The Morgan fingerprint density at radius 3 is 2.61 bits per heavy atom. The predicted octanol–water partition coefficient (Wildman–Crippen LogP) is 1.16. The minimum atomic E-state index is -3.33. The van der Waals surface area contributed by atoms with Gasteiger partial charge in [-0.05, 0) is 30.5 Å². The van der Waals surface area contributed by atoms with E-state index in [1.807, 2.05) is 13.8 Å². The first-order chi connectivity index (χ1) is 10.8. The van der Waals surface area contributed by atoms with Gasteiger partial charge < -0.3 is 15.8 Å². The summed E-state index contributed by atoms with van der Waals surface area (Å²) in [6, 6.07) is 4.28. The lowest BCUT2D eigenvalue weighted by atomic mass is 10.0. The number of sulfonamides is 1. The Kier molecular flexibility index (Phi) is 5.16. The van der Waals surface area contributed by atoms with Gasteiger partial charge >= 0.3 is 0 Å². The van der Waals surface area contributed by atoms with Gasteiger partial charge in [-0.2, -0.15) is 0 Å². The van der Waals surface area contributed by atoms with Crippen molar-refractivity contribution in [3.05, 3.63) is 18.2 Å². The molecule has 1 atom stereocenters. The predicted molar refractivity (Wildman–Crippen MR) is 90.2 cm³/mol. The standard InChI is InChI=1S/C15H23N3O4S/c1-10(2)14(16)15(19)17-11-5-6-13(22-3)12(9-11)18-7-4-8-23(18,20)21/h5-6,9-10,14H,4,7-8,16H2,1-3H3,(H,17,19)/t14-/m0/s1. The third kappa shape index (κ3) is 3.76. The Labute approximate surface area is 136 Å². The highest BCUT2D eigenvalue weighted by atomic mass is 32.2. The van der Waals surface area contributed by atoms with Crippen LogP contribution in [-0.4, -0.2) is 39.8 Å². The molecule has 7 nitrogen and oxygen atoms in total. The summed E-state index contributed by atoms with van der Waals surface area (Å²) in [7, 11) is -1.85. The summed E-state index contributed by atoms with van der Waals surface area (Å²) in [5.74, 6) is 0.263. The monoisotopic (exact) mass is 341 g/mol. The molecule has 0 saturated carbocycles. The number of ether oxygens (including phenoxy) is 1. The van der Waals surface area contributed by atoms with Crippen LogP contribution in [0.5, 0.6) is 5.75 Å². The molecule has 1 aliphatic rings. The number of hydrogen-bond donors (Lipinski definition) is 2. The molecule has 3 N–H and O–H groups in total. The molecule has 1 saturated heterocycles. The first-order valence-corrected chi connectivity index (χ1v) is 9.12. The first-order valence-electron chi connectivity index (χ1n) is 7.51. The van der Waals surface area contributed by atoms with Gasteiger partial charge in [-0.1, -0.05) is 13.8 Å². The lowest BCUT2D eigenvalue weighted by Crippen LogP contribution is -2.39. The molecule has 1 aliphatic heterocycles. The summed E-state index contributed by atoms with van der Waals surface area (Å²) in [6.45, 7) is 4.13. The van der Waals surface area contributed by atoms with E-state index in [-0.39, 0.29) is 17.6 Å². The number of nitrogens with two attached hydrogens (primary N) is 1. The van der Waals surface area contributed by atoms with Crippen LogP contribution in [0.4, 0.5) is 11.4 Å². The highest BCUT2D eigenvalue weighted by Crippen LogP contribution is 2.35. The van der Waals surface area contributed by atoms with Crippen molar-refractivity contribution in [1.82, 2.24) is 0 Å². The van der Waals surface area contributed by atoms with E-state index in [0.29, 0.717) is 30.1 Å². The maximum Gasteiger partial charge on any atom is 0.241 e. The van der Waals surface area contributed by atoms with E-state index in [1.54, 1.807) is 18.2 Å². The Hall–Kier alpha value is -1.80. The zero-order valence-corrected chi connectivity index (χ0v) is 14.4. The van der Waals surface area contributed by atoms with Crippen molar-refractivity contribution in [2.45, 2.75) is 26.3 Å². The Balaban J connectivity index is 2.31. The quantitative estimate of drug-likeness (QED) is 0.837. The van der Waals surface area contributed by atoms with Crippen LogP contribution in [0.15, 0.2) is 18.2 Å². The minimum Gasteiger partial charge on any atom is -0.495 e. The Morgan fingerprint density at radius 1 is 1.39 bits per heavy atom. The SMILES string of the molecule is COc1ccc(NC(=O)[C@@H](N)C(C)C)cc1N1CCCS1(=O)=O. The van der Waals surface area contributed by atoms with E-state index in [2.05, 4.69) is 5.32 Å². The smallest absolute Gasteiger partial charge is 0.241 e. The van der Waals surface area contributed by atoms with Gasteiger partial charge in [0.25, 0.3) is 0 Å². The maximum atomic E-state index is 12.1. The Bertz CT molecular complexity index is 688. The summed E-state index contributed by atoms with van der Waals surface area (Å²) < 4.78 is 30.8. The largest absolute Gasteiger partial charge is 0.495 e. The number of hydrogen-bond acceptors (Lipinski definition) is 5. The third-order valence-corrected chi connectivity index (χ3v) is 5.69. The van der Waals surface area contributed by atoms with Crippen LogP contribution in [0.2, 0.25) is 0 Å². The van der Waals surface area contributed by atoms with Crippen molar-refractivity contribution in [3.8, 4) is 5.75 Å². The molecule has 0 aromatic heterocycles. The molecular weight excluding hydrogens is 318 g/mol. The van der Waals surface area contributed by atoms with Gasteiger partial charge in [0.1, 0.15) is 5.75 Å². The lowest BCUT2D eigenvalue weighted by molar-refractivity contribution is -0.118. The number of amides is 1. The second-order valence-electron chi connectivity index (χ2n) is 5.89. The van der Waals surface area contributed by atoms with Crippen molar-refractivity contribution >= 4 is 27.3 Å². The molecule has 1 fully saturated rings. The molecule has 0 radical (unpaired) electrons. The average molecular weight is 341 g/mol. The fourth-order valence-electron chi connectivity index (χ4n) is 2.40. The molecule has 23 heavy (non-hydrogen) atoms. The summed E-state index contributed by atoms with van der Waals surface area (Å²) in [5.41, 5.74) is 6.75. The molecular formula is C15H23N3O4S. The summed E-state index contributed by atoms with van der Waals surface area (Å²) in [4.78, 5) is 12.1. The van der Waals surface area contributed by atoms with Crippen LogP contribution in [-0.2, 0) is 14.8 Å². The molecule has 1 heterocycles. The van der Waals surface area contributed by atoms with E-state index < -0.39 is 16.1 Å². The van der Waals surface area contributed by atoms with Crippen molar-refractivity contribution in [1.29, 1.82) is 0 Å². The molecule has 1 aromatic carbocycles. The molecule has 0 bridgehead atoms. The average Bonchev–Trinajstić information content (AvgIpc) is 2.85. The van der Waals surface area contributed by atoms with Gasteiger partial charge in [0.05, 0.1) is 24.6 Å². The maximum absolute atomic E-state index is 12.1. The fourth-order valence-corrected chi connectivity index (χ4v) is 3.97. The number of nitrogens with zero attached hydrogens (tertiary/aromatic N) is 1. The van der Waals surface area contributed by atoms with E-state index in [1.165, 1.54) is 11.4 Å². The molecule has 0 spiro atoms. The zero-order chi connectivity index (χ0) is 17.2. The van der Waals surface area contributed by atoms with Crippen molar-refractivity contribution in [2.75, 3.05) is 29.0 Å². The number of methoxy groups -OCH3 is 1. The van der Waals surface area contributed by atoms with Crippen LogP contribution in [0.3, 0.4) is 0 Å². The highest BCUT2D eigenvalue weighted by molar-refractivity contribution is 7.93. The van der Waals surface area contributed by atoms with Crippen molar-refractivity contribution < 1.29 is 17.9 Å². The van der Waals surface area contributed by atoms with Crippen LogP contribution < -0.4 is 20.1 Å². The van der Waals surface area contributed by atoms with Crippen LogP contribution in [0, 0.1) is 5.92 Å². The molecule has 1 aromatic rings. The zero-order valence-electron chi connectivity index (χ0n) is 13.6. The van der Waals surface area contributed by atoms with Crippen LogP contribution in [0.25, 0.3) is 0 Å². The number of anilines is 2. The minimum absolute atomic E-state index is 0.00618. The van der Waals surface area contributed by atoms with Gasteiger partial charge in [-0.15, -0.1) is 0 Å². The lowest BCUT2D eigenvalue weighted by Gasteiger charge is -2.21. The molecule has 1 amide bonds. The van der Waals surface area contributed by atoms with Gasteiger partial charge in [0.15, 0.2) is 0 Å². The fraction of sp³-hybridized carbons (Fsp3) is 0.533. The van der Waals surface area contributed by atoms with Gasteiger partial charge in [0.2, 0.25) is 15.9 Å². The van der Waals surface area contributed by atoms with Crippen molar-refractivity contribution in [3.63, 3.8) is 0 Å². The summed E-state index contributed by atoms with van der Waals surface area (Å²) in [6.07, 6.45) is 0.570. The van der Waals surface area contributed by atoms with Gasteiger partial charge in [0, 0.05) is 12.2 Å². The second-order valence-corrected chi connectivity index (χ2v) is 7.90. The van der Waals surface area contributed by atoms with Crippen LogP contribution in [0.1, 0.15) is 20.3 Å². The summed E-state index contributed by atoms with van der Waals surface area (Å²) in [5, 5.41) is 2.72. The number of rotatable bonds is 5. The number of benzene rings is 1. The molecule has 128 valence electrons. The molecule has 0 unspecified atom stereocenters. The van der Waals surface area contributed by atoms with Gasteiger partial charge in [-0.3, -0.25) is 9.10 Å². The Morgan fingerprint density at radius 2 is 2.09 bits per heavy atom.